The van der Waals surface area contributed by atoms with Gasteiger partial charge >= 0.3 is 12.0 Å². The first-order chi connectivity index (χ1) is 15.4. The van der Waals surface area contributed by atoms with Gasteiger partial charge in [-0.15, -0.1) is 0 Å². The number of anilines is 1. The van der Waals surface area contributed by atoms with Gasteiger partial charge in [0, 0.05) is 49.1 Å². The first-order valence-corrected chi connectivity index (χ1v) is 10.7. The van der Waals surface area contributed by atoms with E-state index in [0.717, 1.165) is 31.9 Å². The fourth-order valence-electron chi connectivity index (χ4n) is 4.06. The summed E-state index contributed by atoms with van der Waals surface area (Å²) in [7, 11) is 1.30. The highest BCUT2D eigenvalue weighted by Crippen LogP contribution is 2.29. The van der Waals surface area contributed by atoms with Crippen molar-refractivity contribution in [1.82, 2.24) is 15.5 Å². The number of esters is 1. The fourth-order valence-corrected chi connectivity index (χ4v) is 4.24. The molecule has 7 nitrogen and oxygen atoms in total. The number of nitrogens with zero attached hydrogens (tertiary/aromatic N) is 2. The molecule has 9 heteroatoms. The van der Waals surface area contributed by atoms with Crippen molar-refractivity contribution < 1.29 is 18.7 Å². The minimum atomic E-state index is -0.723. The molecular formula is C23H24ClFN4O3. The molecule has 2 aromatic rings. The number of benzene rings is 2. The lowest BCUT2D eigenvalue weighted by molar-refractivity contribution is -0.136. The van der Waals surface area contributed by atoms with Crippen molar-refractivity contribution in [2.75, 3.05) is 44.7 Å². The number of nitrogens with one attached hydrogen (secondary N) is 2. The lowest BCUT2D eigenvalue weighted by Gasteiger charge is -2.38. The zero-order valence-electron chi connectivity index (χ0n) is 17.6. The maximum atomic E-state index is 13.4. The van der Waals surface area contributed by atoms with E-state index in [2.05, 4.69) is 20.4 Å². The molecule has 0 unspecified atom stereocenters. The monoisotopic (exact) mass is 458 g/mol. The highest BCUT2D eigenvalue weighted by molar-refractivity contribution is 6.30. The van der Waals surface area contributed by atoms with Crippen LogP contribution in [0.4, 0.5) is 14.9 Å². The van der Waals surface area contributed by atoms with Crippen LogP contribution >= 0.6 is 11.6 Å². The molecule has 0 aromatic heterocycles. The second kappa shape index (κ2) is 9.58. The van der Waals surface area contributed by atoms with Crippen LogP contribution in [0.2, 0.25) is 5.02 Å². The van der Waals surface area contributed by atoms with Gasteiger partial charge in [0.15, 0.2) is 0 Å². The highest BCUT2D eigenvalue weighted by Gasteiger charge is 2.34. The molecule has 0 radical (unpaired) electrons. The summed E-state index contributed by atoms with van der Waals surface area (Å²) >= 11 is 6.11. The van der Waals surface area contributed by atoms with E-state index in [1.165, 1.54) is 19.2 Å². The van der Waals surface area contributed by atoms with Crippen LogP contribution in [0.25, 0.3) is 0 Å². The Balaban J connectivity index is 1.54. The van der Waals surface area contributed by atoms with Crippen molar-refractivity contribution >= 4 is 29.3 Å². The summed E-state index contributed by atoms with van der Waals surface area (Å²) in [6, 6.07) is 12.3. The van der Waals surface area contributed by atoms with Gasteiger partial charge in [-0.2, -0.15) is 0 Å². The van der Waals surface area contributed by atoms with Crippen LogP contribution in [-0.2, 0) is 9.53 Å². The molecule has 2 aromatic carbocycles. The molecule has 2 amide bonds. The van der Waals surface area contributed by atoms with E-state index >= 15 is 0 Å². The van der Waals surface area contributed by atoms with Gasteiger partial charge in [0.25, 0.3) is 0 Å². The molecular weight excluding hydrogens is 435 g/mol. The summed E-state index contributed by atoms with van der Waals surface area (Å²) in [6.07, 6.45) is 0. The third kappa shape index (κ3) is 4.87. The number of piperazine rings is 1. The molecule has 0 spiro atoms. The van der Waals surface area contributed by atoms with Crippen LogP contribution in [0, 0.1) is 5.82 Å². The topological polar surface area (TPSA) is 73.9 Å². The smallest absolute Gasteiger partial charge is 0.338 e. The predicted molar refractivity (Wildman–Crippen MR) is 120 cm³/mol. The largest absolute Gasteiger partial charge is 0.466 e. The van der Waals surface area contributed by atoms with Crippen LogP contribution < -0.4 is 15.5 Å². The van der Waals surface area contributed by atoms with E-state index in [9.17, 15) is 14.0 Å². The van der Waals surface area contributed by atoms with E-state index in [0.29, 0.717) is 28.4 Å². The molecule has 0 saturated carbocycles. The highest BCUT2D eigenvalue weighted by atomic mass is 35.5. The van der Waals surface area contributed by atoms with Gasteiger partial charge in [-0.05, 0) is 35.9 Å². The summed E-state index contributed by atoms with van der Waals surface area (Å²) in [5.74, 6) is -0.935. The molecule has 2 N–H and O–H groups in total. The third-order valence-corrected chi connectivity index (χ3v) is 5.92. The maximum Gasteiger partial charge on any atom is 0.338 e. The number of urea groups is 1. The van der Waals surface area contributed by atoms with Gasteiger partial charge in [-0.3, -0.25) is 4.90 Å². The number of rotatable bonds is 5. The zero-order chi connectivity index (χ0) is 22.7. The van der Waals surface area contributed by atoms with E-state index in [1.807, 2.05) is 24.3 Å². The molecule has 0 bridgehead atoms. The van der Waals surface area contributed by atoms with E-state index in [-0.39, 0.29) is 0 Å². The molecule has 32 heavy (non-hydrogen) atoms. The summed E-state index contributed by atoms with van der Waals surface area (Å²) < 4.78 is 18.4. The minimum absolute atomic E-state index is 0.316. The maximum absolute atomic E-state index is 13.4. The third-order valence-electron chi connectivity index (χ3n) is 5.69. The molecule has 168 valence electrons. The van der Waals surface area contributed by atoms with Crippen molar-refractivity contribution in [1.29, 1.82) is 0 Å². The fraction of sp³-hybridized carbons (Fsp3) is 0.304. The van der Waals surface area contributed by atoms with Crippen LogP contribution in [0.15, 0.2) is 59.8 Å². The number of halogens is 2. The number of methoxy groups -OCH3 is 1. The standard InChI is InChI=1S/C23H24ClFN4O3/c1-32-22(30)20-19(26-23(31)27-21(20)15-5-7-17(25)8-6-15)14-28-9-11-29(12-10-28)18-4-2-3-16(24)13-18/h2-8,13,21H,9-12,14H2,1H3,(H2,26,27,31)/t21-/m0/s1. The van der Waals surface area contributed by atoms with Crippen molar-refractivity contribution in [2.24, 2.45) is 0 Å². The Kier molecular flexibility index (Phi) is 6.62. The Morgan fingerprint density at radius 3 is 2.53 bits per heavy atom. The normalized spacial score (nSPS) is 19.4. The number of hydrogen-bond acceptors (Lipinski definition) is 5. The van der Waals surface area contributed by atoms with Gasteiger partial charge in [0.1, 0.15) is 5.82 Å². The van der Waals surface area contributed by atoms with Crippen LogP contribution in [0.3, 0.4) is 0 Å². The van der Waals surface area contributed by atoms with E-state index in [4.69, 9.17) is 16.3 Å². The average molecular weight is 459 g/mol. The van der Waals surface area contributed by atoms with Crippen LogP contribution in [-0.4, -0.2) is 56.7 Å². The van der Waals surface area contributed by atoms with Crippen molar-refractivity contribution in [2.45, 2.75) is 6.04 Å². The van der Waals surface area contributed by atoms with Crippen molar-refractivity contribution in [3.63, 3.8) is 0 Å². The number of carbonyl (C=O) groups is 2. The lowest BCUT2D eigenvalue weighted by atomic mass is 9.95. The molecule has 1 atom stereocenters. The number of amides is 2. The Hall–Kier alpha value is -3.10. The Bertz CT molecular complexity index is 1040. The Labute approximate surface area is 190 Å². The first-order valence-electron chi connectivity index (χ1n) is 10.3. The molecule has 0 aliphatic carbocycles. The van der Waals surface area contributed by atoms with Crippen LogP contribution in [0.5, 0.6) is 0 Å². The van der Waals surface area contributed by atoms with Gasteiger partial charge < -0.3 is 20.3 Å². The van der Waals surface area contributed by atoms with Gasteiger partial charge in [-0.1, -0.05) is 29.8 Å². The van der Waals surface area contributed by atoms with Gasteiger partial charge in [0.2, 0.25) is 0 Å². The van der Waals surface area contributed by atoms with E-state index in [1.54, 1.807) is 12.1 Å². The van der Waals surface area contributed by atoms with Gasteiger partial charge in [0.05, 0.1) is 18.7 Å². The SMILES string of the molecule is COC(=O)C1=C(CN2CCN(c3cccc(Cl)c3)CC2)NC(=O)N[C@H]1c1ccc(F)cc1. The minimum Gasteiger partial charge on any atom is -0.466 e. The second-order valence-corrected chi connectivity index (χ2v) is 8.15. The summed E-state index contributed by atoms with van der Waals surface area (Å²) in [5, 5.41) is 6.22. The van der Waals surface area contributed by atoms with E-state index < -0.39 is 23.9 Å². The second-order valence-electron chi connectivity index (χ2n) is 7.71. The molecule has 4 rings (SSSR count). The van der Waals surface area contributed by atoms with Crippen molar-refractivity contribution in [3.05, 3.63) is 76.2 Å². The average Bonchev–Trinajstić information content (AvgIpc) is 2.79. The Morgan fingerprint density at radius 2 is 1.88 bits per heavy atom. The molecule has 2 aliphatic rings. The number of ether oxygens (including phenoxy) is 1. The first kappa shape index (κ1) is 22.1. The lowest BCUT2D eigenvalue weighted by Crippen LogP contribution is -2.51. The molecule has 1 fully saturated rings. The molecule has 2 aliphatic heterocycles. The van der Waals surface area contributed by atoms with Crippen LogP contribution in [0.1, 0.15) is 11.6 Å². The van der Waals surface area contributed by atoms with Crippen molar-refractivity contribution in [3.8, 4) is 0 Å². The van der Waals surface area contributed by atoms with Gasteiger partial charge in [-0.25, -0.2) is 14.0 Å². The molecule has 1 saturated heterocycles. The zero-order valence-corrected chi connectivity index (χ0v) is 18.4. The number of carbonyl (C=O) groups excluding carboxylic acids is 2. The Morgan fingerprint density at radius 1 is 1.16 bits per heavy atom. The number of hydrogen-bond donors (Lipinski definition) is 2. The predicted octanol–water partition coefficient (Wildman–Crippen LogP) is 3.08. The summed E-state index contributed by atoms with van der Waals surface area (Å²) in [6.45, 7) is 3.45. The quantitative estimate of drug-likeness (QED) is 0.674. The summed E-state index contributed by atoms with van der Waals surface area (Å²) in [4.78, 5) is 29.5. The molecule has 2 heterocycles. The summed E-state index contributed by atoms with van der Waals surface area (Å²) in [5.41, 5.74) is 2.48.